The number of pyridine rings is 1. The third-order valence-corrected chi connectivity index (χ3v) is 7.63. The number of imidazole rings is 1. The van der Waals surface area contributed by atoms with E-state index >= 15 is 0 Å². The van der Waals surface area contributed by atoms with E-state index in [9.17, 15) is 5.11 Å². The van der Waals surface area contributed by atoms with Crippen molar-refractivity contribution >= 4 is 11.0 Å². The molecule has 7 aromatic rings. The molecule has 5 heteroatoms. The smallest absolute Gasteiger partial charge is 0.149 e. The van der Waals surface area contributed by atoms with Crippen LogP contribution in [-0.2, 0) is 21.1 Å². The Morgan fingerprint density at radius 1 is 0.585 bits per heavy atom. The van der Waals surface area contributed by atoms with Crippen molar-refractivity contribution in [1.29, 1.82) is 0 Å². The minimum atomic E-state index is 0. The van der Waals surface area contributed by atoms with E-state index in [0.717, 1.165) is 66.9 Å². The predicted molar refractivity (Wildman–Crippen MR) is 160 cm³/mol. The molecule has 0 amide bonds. The summed E-state index contributed by atoms with van der Waals surface area (Å²) in [5.74, 6) is 0.909. The minimum Gasteiger partial charge on any atom is -0.507 e. The van der Waals surface area contributed by atoms with Crippen LogP contribution in [0.4, 0.5) is 0 Å². The molecule has 3 heterocycles. The standard InChI is InChI=1S/C36H22N3O.Pt/c40-33-20-9-16-29-27-13-2-1-12-26(27)28-14-3-4-18-31(28)39-32-19-8-15-25(35(32)38-36(39)34(29)33)23-10-7-11-24(22-23)30-17-5-6-21-37-30;/h1-21,40H;/q-1;. The zero-order valence-corrected chi connectivity index (χ0v) is 24.0. The zero-order valence-electron chi connectivity index (χ0n) is 21.7. The fourth-order valence-electron chi connectivity index (χ4n) is 5.87. The SMILES string of the molecule is Oc1cccc2c1-c1nc3c(-c4[c-]c(-c5ccccn5)ccc4)cccc3n1-c1ccccc1-c1ccccc1-2.[Pt]. The van der Waals surface area contributed by atoms with Gasteiger partial charge in [0.1, 0.15) is 11.6 Å². The fourth-order valence-corrected chi connectivity index (χ4v) is 5.87. The summed E-state index contributed by atoms with van der Waals surface area (Å²) in [4.78, 5) is 9.80. The number of phenolic OH excluding ortho intramolecular Hbond substituents is 1. The van der Waals surface area contributed by atoms with Crippen LogP contribution in [0.5, 0.6) is 5.75 Å². The number of rotatable bonds is 2. The molecule has 2 aromatic heterocycles. The number of phenols is 1. The Hall–Kier alpha value is -4.79. The van der Waals surface area contributed by atoms with E-state index < -0.39 is 0 Å². The molecule has 5 aromatic carbocycles. The Kier molecular flexibility index (Phi) is 6.14. The molecular formula is C36H22N3OPt-. The molecular weight excluding hydrogens is 685 g/mol. The molecule has 0 atom stereocenters. The molecule has 0 fully saturated rings. The number of para-hydroxylation sites is 2. The van der Waals surface area contributed by atoms with Crippen LogP contribution in [0.3, 0.4) is 0 Å². The van der Waals surface area contributed by atoms with Gasteiger partial charge >= 0.3 is 0 Å². The van der Waals surface area contributed by atoms with E-state index in [2.05, 4.69) is 88.4 Å². The van der Waals surface area contributed by atoms with Crippen LogP contribution >= 0.6 is 0 Å². The zero-order chi connectivity index (χ0) is 26.6. The Morgan fingerprint density at radius 2 is 1.24 bits per heavy atom. The van der Waals surface area contributed by atoms with Crippen LogP contribution in [0.1, 0.15) is 0 Å². The van der Waals surface area contributed by atoms with Gasteiger partial charge in [-0.05, 0) is 41.0 Å². The van der Waals surface area contributed by atoms with Gasteiger partial charge in [0, 0.05) is 38.5 Å². The Labute approximate surface area is 251 Å². The first-order valence-electron chi connectivity index (χ1n) is 13.2. The number of aromatic nitrogens is 3. The summed E-state index contributed by atoms with van der Waals surface area (Å²) in [5, 5.41) is 11.3. The summed E-state index contributed by atoms with van der Waals surface area (Å²) >= 11 is 0. The van der Waals surface area contributed by atoms with Crippen molar-refractivity contribution in [3.8, 4) is 67.5 Å². The summed E-state index contributed by atoms with van der Waals surface area (Å²) in [6.45, 7) is 0. The van der Waals surface area contributed by atoms with E-state index in [0.29, 0.717) is 5.82 Å². The van der Waals surface area contributed by atoms with Gasteiger partial charge in [-0.1, -0.05) is 90.0 Å². The van der Waals surface area contributed by atoms with Crippen molar-refractivity contribution in [3.63, 3.8) is 0 Å². The molecule has 0 bridgehead atoms. The Morgan fingerprint density at radius 3 is 2.07 bits per heavy atom. The Balaban J connectivity index is 0.00000276. The van der Waals surface area contributed by atoms with E-state index in [1.807, 2.05) is 42.5 Å². The molecule has 198 valence electrons. The van der Waals surface area contributed by atoms with Crippen molar-refractivity contribution in [2.45, 2.75) is 0 Å². The predicted octanol–water partition coefficient (Wildman–Crippen LogP) is 8.57. The quantitative estimate of drug-likeness (QED) is 0.183. The summed E-state index contributed by atoms with van der Waals surface area (Å²) in [6.07, 6.45) is 1.80. The first-order chi connectivity index (χ1) is 19.8. The summed E-state index contributed by atoms with van der Waals surface area (Å²) in [5.41, 5.74) is 11.5. The average Bonchev–Trinajstić information content (AvgIpc) is 3.39. The van der Waals surface area contributed by atoms with Gasteiger partial charge in [-0.3, -0.25) is 9.55 Å². The monoisotopic (exact) mass is 707 g/mol. The third kappa shape index (κ3) is 3.94. The van der Waals surface area contributed by atoms with Crippen LogP contribution in [-0.4, -0.2) is 19.6 Å². The molecule has 1 N–H and O–H groups in total. The normalized spacial score (nSPS) is 11.3. The first-order valence-corrected chi connectivity index (χ1v) is 13.2. The van der Waals surface area contributed by atoms with Gasteiger partial charge in [0.05, 0.1) is 22.3 Å². The van der Waals surface area contributed by atoms with Crippen molar-refractivity contribution in [1.82, 2.24) is 14.5 Å². The second kappa shape index (κ2) is 9.99. The second-order valence-corrected chi connectivity index (χ2v) is 9.90. The van der Waals surface area contributed by atoms with E-state index in [4.69, 9.17) is 4.98 Å². The maximum absolute atomic E-state index is 11.3. The molecule has 0 saturated carbocycles. The third-order valence-electron chi connectivity index (χ3n) is 7.63. The molecule has 8 rings (SSSR count). The molecule has 0 saturated heterocycles. The van der Waals surface area contributed by atoms with Crippen molar-refractivity contribution < 1.29 is 26.2 Å². The molecule has 1 aliphatic heterocycles. The van der Waals surface area contributed by atoms with Crippen LogP contribution in [0.15, 0.2) is 128 Å². The second-order valence-electron chi connectivity index (χ2n) is 9.90. The van der Waals surface area contributed by atoms with Gasteiger partial charge in [0.25, 0.3) is 0 Å². The van der Waals surface area contributed by atoms with Crippen LogP contribution in [0.25, 0.3) is 72.7 Å². The van der Waals surface area contributed by atoms with E-state index in [1.54, 1.807) is 12.3 Å². The summed E-state index contributed by atoms with van der Waals surface area (Å²) in [6, 6.07) is 44.3. The van der Waals surface area contributed by atoms with Gasteiger partial charge in [-0.2, -0.15) is 0 Å². The molecule has 4 nitrogen and oxygen atoms in total. The number of nitrogens with zero attached hydrogens (tertiary/aromatic N) is 3. The Bertz CT molecular complexity index is 2080. The fraction of sp³-hybridized carbons (Fsp3) is 0. The molecule has 1 aliphatic rings. The number of aromatic hydroxyl groups is 1. The first kappa shape index (κ1) is 25.2. The van der Waals surface area contributed by atoms with Gasteiger partial charge in [0.2, 0.25) is 0 Å². The molecule has 0 unspecified atom stereocenters. The number of benzene rings is 5. The van der Waals surface area contributed by atoms with Crippen LogP contribution in [0.2, 0.25) is 0 Å². The van der Waals surface area contributed by atoms with Gasteiger partial charge < -0.3 is 5.11 Å². The van der Waals surface area contributed by atoms with Gasteiger partial charge in [-0.25, -0.2) is 4.98 Å². The topological polar surface area (TPSA) is 50.9 Å². The average molecular weight is 708 g/mol. The summed E-state index contributed by atoms with van der Waals surface area (Å²) < 4.78 is 2.19. The molecule has 0 spiro atoms. The van der Waals surface area contributed by atoms with Crippen molar-refractivity contribution in [3.05, 3.63) is 134 Å². The number of fused-ring (bicyclic) bond motifs is 10. The maximum Gasteiger partial charge on any atom is 0.149 e. The van der Waals surface area contributed by atoms with E-state index in [1.165, 1.54) is 0 Å². The van der Waals surface area contributed by atoms with Crippen molar-refractivity contribution in [2.24, 2.45) is 0 Å². The van der Waals surface area contributed by atoms with Gasteiger partial charge in [0.15, 0.2) is 0 Å². The maximum atomic E-state index is 11.3. The minimum absolute atomic E-state index is 0. The molecule has 41 heavy (non-hydrogen) atoms. The van der Waals surface area contributed by atoms with Crippen molar-refractivity contribution in [2.75, 3.05) is 0 Å². The van der Waals surface area contributed by atoms with Crippen LogP contribution in [0, 0.1) is 6.07 Å². The largest absolute Gasteiger partial charge is 0.507 e. The number of hydrogen-bond donors (Lipinski definition) is 1. The van der Waals surface area contributed by atoms with Gasteiger partial charge in [-0.15, -0.1) is 29.8 Å². The van der Waals surface area contributed by atoms with E-state index in [-0.39, 0.29) is 26.8 Å². The summed E-state index contributed by atoms with van der Waals surface area (Å²) in [7, 11) is 0. The molecule has 0 radical (unpaired) electrons. The van der Waals surface area contributed by atoms with Crippen LogP contribution < -0.4 is 0 Å². The number of hydrogen-bond acceptors (Lipinski definition) is 3. The molecule has 0 aliphatic carbocycles.